The molecular weight excluding hydrogens is 196 g/mol. The van der Waals surface area contributed by atoms with Crippen LogP contribution in [-0.2, 0) is 0 Å². The maximum absolute atomic E-state index is 4.23. The lowest BCUT2D eigenvalue weighted by molar-refractivity contribution is 0.405. The maximum atomic E-state index is 4.23. The second-order valence-corrected chi connectivity index (χ2v) is 4.70. The van der Waals surface area contributed by atoms with Crippen molar-refractivity contribution >= 4 is 0 Å². The Kier molecular flexibility index (Phi) is 5.47. The summed E-state index contributed by atoms with van der Waals surface area (Å²) in [5, 5.41) is 3.41. The fourth-order valence-corrected chi connectivity index (χ4v) is 2.25. The number of rotatable bonds is 6. The van der Waals surface area contributed by atoms with Crippen molar-refractivity contribution in [3.8, 4) is 0 Å². The zero-order valence-corrected chi connectivity index (χ0v) is 11.0. The van der Waals surface area contributed by atoms with Gasteiger partial charge in [0.2, 0.25) is 0 Å². The standard InChI is InChI=1S/C14H24N2/c1-5-6-11(2)9-14(15-4)13-10-16-8-7-12(13)3/h7-8,10-11,14-15H,5-6,9H2,1-4H3. The van der Waals surface area contributed by atoms with E-state index in [9.17, 15) is 0 Å². The van der Waals surface area contributed by atoms with Crippen molar-refractivity contribution in [1.29, 1.82) is 0 Å². The van der Waals surface area contributed by atoms with Crippen LogP contribution in [0.4, 0.5) is 0 Å². The molecule has 1 aromatic rings. The predicted molar refractivity (Wildman–Crippen MR) is 69.5 cm³/mol. The van der Waals surface area contributed by atoms with Crippen molar-refractivity contribution in [2.45, 2.75) is 46.1 Å². The molecule has 2 unspecified atom stereocenters. The number of nitrogens with zero attached hydrogens (tertiary/aromatic N) is 1. The van der Waals surface area contributed by atoms with E-state index in [0.717, 1.165) is 5.92 Å². The third kappa shape index (κ3) is 3.60. The first kappa shape index (κ1) is 13.2. The number of nitrogens with one attached hydrogen (secondary N) is 1. The monoisotopic (exact) mass is 220 g/mol. The molecule has 2 atom stereocenters. The van der Waals surface area contributed by atoms with E-state index >= 15 is 0 Å². The number of hydrogen-bond donors (Lipinski definition) is 1. The SMILES string of the molecule is CCCC(C)CC(NC)c1cnccc1C. The maximum Gasteiger partial charge on any atom is 0.0338 e. The summed E-state index contributed by atoms with van der Waals surface area (Å²) in [5.41, 5.74) is 2.67. The Morgan fingerprint density at radius 3 is 2.75 bits per heavy atom. The summed E-state index contributed by atoms with van der Waals surface area (Å²) in [4.78, 5) is 4.23. The van der Waals surface area contributed by atoms with Gasteiger partial charge in [-0.05, 0) is 43.5 Å². The Morgan fingerprint density at radius 1 is 1.44 bits per heavy atom. The molecule has 0 saturated heterocycles. The highest BCUT2D eigenvalue weighted by Gasteiger charge is 2.14. The minimum atomic E-state index is 0.440. The summed E-state index contributed by atoms with van der Waals surface area (Å²) in [6, 6.07) is 2.53. The first-order valence-corrected chi connectivity index (χ1v) is 6.26. The second-order valence-electron chi connectivity index (χ2n) is 4.70. The van der Waals surface area contributed by atoms with Crippen LogP contribution < -0.4 is 5.32 Å². The quantitative estimate of drug-likeness (QED) is 0.794. The number of hydrogen-bond acceptors (Lipinski definition) is 2. The third-order valence-electron chi connectivity index (χ3n) is 3.22. The molecule has 0 aliphatic heterocycles. The van der Waals surface area contributed by atoms with Gasteiger partial charge in [0, 0.05) is 18.4 Å². The van der Waals surface area contributed by atoms with Gasteiger partial charge in [-0.25, -0.2) is 0 Å². The van der Waals surface area contributed by atoms with Crippen molar-refractivity contribution in [2.24, 2.45) is 5.92 Å². The average molecular weight is 220 g/mol. The first-order chi connectivity index (χ1) is 7.69. The molecule has 0 radical (unpaired) electrons. The third-order valence-corrected chi connectivity index (χ3v) is 3.22. The second kappa shape index (κ2) is 6.64. The van der Waals surface area contributed by atoms with E-state index in [0.29, 0.717) is 6.04 Å². The molecule has 0 aromatic carbocycles. The van der Waals surface area contributed by atoms with Crippen molar-refractivity contribution < 1.29 is 0 Å². The summed E-state index contributed by atoms with van der Waals surface area (Å²) < 4.78 is 0. The van der Waals surface area contributed by atoms with Crippen LogP contribution in [0, 0.1) is 12.8 Å². The van der Waals surface area contributed by atoms with Crippen LogP contribution in [0.15, 0.2) is 18.5 Å². The van der Waals surface area contributed by atoms with Crippen LogP contribution in [0.1, 0.15) is 50.3 Å². The molecule has 0 amide bonds. The van der Waals surface area contributed by atoms with E-state index in [1.807, 2.05) is 19.4 Å². The number of pyridine rings is 1. The van der Waals surface area contributed by atoms with Crippen LogP contribution in [0.2, 0.25) is 0 Å². The molecule has 1 N–H and O–H groups in total. The van der Waals surface area contributed by atoms with E-state index in [-0.39, 0.29) is 0 Å². The molecule has 0 saturated carbocycles. The molecule has 90 valence electrons. The topological polar surface area (TPSA) is 24.9 Å². The van der Waals surface area contributed by atoms with E-state index < -0.39 is 0 Å². The van der Waals surface area contributed by atoms with Crippen LogP contribution in [0.3, 0.4) is 0 Å². The normalized spacial score (nSPS) is 14.8. The molecule has 0 fully saturated rings. The van der Waals surface area contributed by atoms with Gasteiger partial charge in [-0.15, -0.1) is 0 Å². The van der Waals surface area contributed by atoms with E-state index in [4.69, 9.17) is 0 Å². The highest BCUT2D eigenvalue weighted by Crippen LogP contribution is 2.25. The van der Waals surface area contributed by atoms with E-state index in [2.05, 4.69) is 37.1 Å². The number of aromatic nitrogens is 1. The lowest BCUT2D eigenvalue weighted by Gasteiger charge is -2.21. The van der Waals surface area contributed by atoms with Crippen molar-refractivity contribution in [2.75, 3.05) is 7.05 Å². The van der Waals surface area contributed by atoms with Crippen molar-refractivity contribution in [1.82, 2.24) is 10.3 Å². The zero-order valence-electron chi connectivity index (χ0n) is 11.0. The number of aryl methyl sites for hydroxylation is 1. The summed E-state index contributed by atoms with van der Waals surface area (Å²) >= 11 is 0. The van der Waals surface area contributed by atoms with Gasteiger partial charge >= 0.3 is 0 Å². The molecule has 0 aliphatic rings. The largest absolute Gasteiger partial charge is 0.313 e. The Morgan fingerprint density at radius 2 is 2.19 bits per heavy atom. The summed E-state index contributed by atoms with van der Waals surface area (Å²) in [6.45, 7) is 6.74. The van der Waals surface area contributed by atoms with E-state index in [1.54, 1.807) is 0 Å². The van der Waals surface area contributed by atoms with Crippen LogP contribution in [0.5, 0.6) is 0 Å². The highest BCUT2D eigenvalue weighted by molar-refractivity contribution is 5.24. The summed E-state index contributed by atoms with van der Waals surface area (Å²) in [5.74, 6) is 0.766. The van der Waals surface area contributed by atoms with Gasteiger partial charge in [-0.3, -0.25) is 4.98 Å². The van der Waals surface area contributed by atoms with Crippen molar-refractivity contribution in [3.63, 3.8) is 0 Å². The molecule has 0 bridgehead atoms. The lowest BCUT2D eigenvalue weighted by atomic mass is 9.92. The minimum Gasteiger partial charge on any atom is -0.313 e. The van der Waals surface area contributed by atoms with Crippen LogP contribution in [-0.4, -0.2) is 12.0 Å². The zero-order chi connectivity index (χ0) is 12.0. The van der Waals surface area contributed by atoms with Gasteiger partial charge < -0.3 is 5.32 Å². The van der Waals surface area contributed by atoms with Gasteiger partial charge in [-0.1, -0.05) is 26.7 Å². The fraction of sp³-hybridized carbons (Fsp3) is 0.643. The molecule has 16 heavy (non-hydrogen) atoms. The Bertz CT molecular complexity index is 309. The molecule has 1 heterocycles. The highest BCUT2D eigenvalue weighted by atomic mass is 14.9. The van der Waals surface area contributed by atoms with Gasteiger partial charge in [0.25, 0.3) is 0 Å². The summed E-state index contributed by atoms with van der Waals surface area (Å²) in [7, 11) is 2.04. The fourth-order valence-electron chi connectivity index (χ4n) is 2.25. The molecule has 0 spiro atoms. The molecule has 1 aromatic heterocycles. The molecule has 0 aliphatic carbocycles. The van der Waals surface area contributed by atoms with Crippen molar-refractivity contribution in [3.05, 3.63) is 29.6 Å². The predicted octanol–water partition coefficient (Wildman–Crippen LogP) is 3.48. The van der Waals surface area contributed by atoms with E-state index in [1.165, 1.54) is 30.4 Å². The molecule has 1 rings (SSSR count). The average Bonchev–Trinajstić information content (AvgIpc) is 2.27. The minimum absolute atomic E-state index is 0.440. The Balaban J connectivity index is 2.71. The first-order valence-electron chi connectivity index (χ1n) is 6.26. The smallest absolute Gasteiger partial charge is 0.0338 e. The molecule has 2 heteroatoms. The Hall–Kier alpha value is -0.890. The lowest BCUT2D eigenvalue weighted by Crippen LogP contribution is -2.20. The molecular formula is C14H24N2. The van der Waals surface area contributed by atoms with Crippen LogP contribution >= 0.6 is 0 Å². The summed E-state index contributed by atoms with van der Waals surface area (Å²) in [6.07, 6.45) is 7.62. The Labute approximate surface area is 99.5 Å². The van der Waals surface area contributed by atoms with Gasteiger partial charge in [0.1, 0.15) is 0 Å². The van der Waals surface area contributed by atoms with Gasteiger partial charge in [0.15, 0.2) is 0 Å². The van der Waals surface area contributed by atoms with Crippen LogP contribution in [0.25, 0.3) is 0 Å². The van der Waals surface area contributed by atoms with Gasteiger partial charge in [-0.2, -0.15) is 0 Å². The molecule has 2 nitrogen and oxygen atoms in total. The van der Waals surface area contributed by atoms with Gasteiger partial charge in [0.05, 0.1) is 0 Å².